The van der Waals surface area contributed by atoms with Crippen molar-refractivity contribution in [1.82, 2.24) is 0 Å². The van der Waals surface area contributed by atoms with Crippen molar-refractivity contribution in [1.29, 1.82) is 0 Å². The van der Waals surface area contributed by atoms with Gasteiger partial charge in [-0.1, -0.05) is 0 Å². The van der Waals surface area contributed by atoms with E-state index in [2.05, 4.69) is 9.05 Å². The van der Waals surface area contributed by atoms with Crippen LogP contribution >= 0.6 is 37.2 Å². The van der Waals surface area contributed by atoms with Crippen LogP contribution in [0.5, 0.6) is 0 Å². The van der Waals surface area contributed by atoms with Crippen molar-refractivity contribution in [3.8, 4) is 0 Å². The molecule has 0 radical (unpaired) electrons. The highest BCUT2D eigenvalue weighted by molar-refractivity contribution is 7.81. The van der Waals surface area contributed by atoms with Crippen LogP contribution in [0.15, 0.2) is 0 Å². The number of hydrogen-bond acceptors (Lipinski definition) is 5. The normalized spacial score (nSPS) is 11.2. The zero-order chi connectivity index (χ0) is 13.7. The molecule has 0 saturated carbocycles. The fraction of sp³-hybridized carbons (Fsp3) is 1.00. The van der Waals surface area contributed by atoms with E-state index in [1.165, 1.54) is 0 Å². The Labute approximate surface area is 114 Å². The summed E-state index contributed by atoms with van der Waals surface area (Å²) >= 11 is 10.7. The second-order valence-electron chi connectivity index (χ2n) is 2.31. The first kappa shape index (κ1) is 20.4. The fourth-order valence-electron chi connectivity index (χ4n) is 0.586. The second-order valence-corrected chi connectivity index (χ2v) is 6.70. The van der Waals surface area contributed by atoms with Crippen molar-refractivity contribution in [2.45, 2.75) is 27.7 Å². The molecule has 0 unspecified atom stereocenters. The van der Waals surface area contributed by atoms with Crippen LogP contribution in [0.4, 0.5) is 0 Å². The van der Waals surface area contributed by atoms with E-state index in [0.717, 1.165) is 0 Å². The number of rotatable bonds is 8. The lowest BCUT2D eigenvalue weighted by Crippen LogP contribution is -1.88. The summed E-state index contributed by atoms with van der Waals surface area (Å²) in [7, 11) is -1.11. The summed E-state index contributed by atoms with van der Waals surface area (Å²) in [6, 6.07) is 0. The topological polar surface area (TPSA) is 54.0 Å². The summed E-state index contributed by atoms with van der Waals surface area (Å²) in [5.74, 6) is 0. The molecule has 0 bridgehead atoms. The Hall–Kier alpha value is 1.08. The van der Waals surface area contributed by atoms with E-state index in [1.54, 1.807) is 13.8 Å². The van der Waals surface area contributed by atoms with Gasteiger partial charge in [-0.2, -0.15) is 0 Å². The fourth-order valence-corrected chi connectivity index (χ4v) is 2.93. The molecule has 5 nitrogen and oxygen atoms in total. The lowest BCUT2D eigenvalue weighted by molar-refractivity contribution is 0.235. The predicted molar refractivity (Wildman–Crippen MR) is 72.7 cm³/mol. The van der Waals surface area contributed by atoms with Crippen molar-refractivity contribution in [3.05, 3.63) is 0 Å². The number of halogens is 2. The van der Waals surface area contributed by atoms with E-state index >= 15 is 0 Å². The van der Waals surface area contributed by atoms with Gasteiger partial charge in [0.05, 0.1) is 26.4 Å². The molecule has 106 valence electrons. The van der Waals surface area contributed by atoms with Crippen LogP contribution in [-0.4, -0.2) is 26.4 Å². The summed E-state index contributed by atoms with van der Waals surface area (Å²) in [6.45, 7) is 5.81. The molecule has 0 aliphatic heterocycles. The molecule has 0 aliphatic rings. The SMILES string of the molecule is CCOP(=O)(Cl)OCC.CCOP(Cl)OCC. The molecule has 0 aliphatic carbocycles. The van der Waals surface area contributed by atoms with Gasteiger partial charge in [0, 0.05) is 11.2 Å². The van der Waals surface area contributed by atoms with Gasteiger partial charge in [-0.3, -0.25) is 9.05 Å². The lowest BCUT2D eigenvalue weighted by Gasteiger charge is -2.06. The molecule has 0 fully saturated rings. The van der Waals surface area contributed by atoms with Crippen LogP contribution in [0.25, 0.3) is 0 Å². The van der Waals surface area contributed by atoms with Crippen molar-refractivity contribution >= 4 is 37.2 Å². The smallest absolute Gasteiger partial charge is 0.322 e. The van der Waals surface area contributed by atoms with Crippen LogP contribution in [0.1, 0.15) is 27.7 Å². The third-order valence-electron chi connectivity index (χ3n) is 1.03. The minimum Gasteiger partial charge on any atom is -0.322 e. The summed E-state index contributed by atoms with van der Waals surface area (Å²) < 4.78 is 29.7. The van der Waals surface area contributed by atoms with Gasteiger partial charge in [0.2, 0.25) is 0 Å². The van der Waals surface area contributed by atoms with Gasteiger partial charge >= 0.3 is 6.95 Å². The molecule has 0 spiro atoms. The minimum absolute atomic E-state index is 0.306. The summed E-state index contributed by atoms with van der Waals surface area (Å²) in [5, 5.41) is 0. The molecule has 0 atom stereocenters. The maximum atomic E-state index is 10.7. The molecular formula is C8H20Cl2O5P2. The largest absolute Gasteiger partial charge is 0.424 e. The van der Waals surface area contributed by atoms with Crippen molar-refractivity contribution in [2.75, 3.05) is 26.4 Å². The molecule has 0 saturated heterocycles. The standard InChI is InChI=1S/C4H10ClO3P.C4H10ClO2P/c1-3-7-9(5,6)8-4-2;1-3-6-8(5)7-4-2/h3-4H2,1-2H3;3-4H2,1-2H3. The zero-order valence-electron chi connectivity index (χ0n) is 10.5. The average Bonchev–Trinajstić information content (AvgIpc) is 2.18. The Morgan fingerprint density at radius 3 is 1.53 bits per heavy atom. The predicted octanol–water partition coefficient (Wildman–Crippen LogP) is 4.93. The van der Waals surface area contributed by atoms with Crippen LogP contribution in [0.2, 0.25) is 0 Å². The zero-order valence-corrected chi connectivity index (χ0v) is 13.8. The highest BCUT2D eigenvalue weighted by Crippen LogP contribution is 2.53. The first-order chi connectivity index (χ1) is 7.93. The lowest BCUT2D eigenvalue weighted by atomic mass is 10.9. The van der Waals surface area contributed by atoms with Gasteiger partial charge in [0.25, 0.3) is 7.73 Å². The molecule has 0 amide bonds. The van der Waals surface area contributed by atoms with Crippen LogP contribution in [0.3, 0.4) is 0 Å². The maximum Gasteiger partial charge on any atom is 0.424 e. The number of hydrogen-bond donors (Lipinski definition) is 0. The van der Waals surface area contributed by atoms with Crippen LogP contribution in [0, 0.1) is 0 Å². The Morgan fingerprint density at radius 2 is 1.29 bits per heavy atom. The quantitative estimate of drug-likeness (QED) is 0.591. The van der Waals surface area contributed by atoms with E-state index in [-0.39, 0.29) is 0 Å². The van der Waals surface area contributed by atoms with Gasteiger partial charge < -0.3 is 9.05 Å². The van der Waals surface area contributed by atoms with Gasteiger partial charge in [-0.05, 0) is 38.9 Å². The minimum atomic E-state index is -3.22. The Balaban J connectivity index is 0. The average molecular weight is 329 g/mol. The molecule has 0 aromatic carbocycles. The highest BCUT2D eigenvalue weighted by Gasteiger charge is 2.17. The molecular weight excluding hydrogens is 309 g/mol. The van der Waals surface area contributed by atoms with Gasteiger partial charge in [-0.15, -0.1) is 0 Å². The van der Waals surface area contributed by atoms with Crippen molar-refractivity contribution in [3.63, 3.8) is 0 Å². The van der Waals surface area contributed by atoms with Crippen LogP contribution in [-0.2, 0) is 22.7 Å². The van der Waals surface area contributed by atoms with Gasteiger partial charge in [0.1, 0.15) is 0 Å². The van der Waals surface area contributed by atoms with Crippen molar-refractivity contribution in [2.24, 2.45) is 0 Å². The first-order valence-corrected chi connectivity index (χ1v) is 9.76. The molecule has 17 heavy (non-hydrogen) atoms. The van der Waals surface area contributed by atoms with E-state index in [0.29, 0.717) is 26.4 Å². The second kappa shape index (κ2) is 13.5. The van der Waals surface area contributed by atoms with E-state index in [1.807, 2.05) is 13.8 Å². The highest BCUT2D eigenvalue weighted by atomic mass is 35.7. The van der Waals surface area contributed by atoms with Gasteiger partial charge in [0.15, 0.2) is 0 Å². The molecule has 0 aromatic heterocycles. The Morgan fingerprint density at radius 1 is 0.941 bits per heavy atom. The van der Waals surface area contributed by atoms with E-state index < -0.39 is 14.7 Å². The summed E-state index contributed by atoms with van der Waals surface area (Å²) in [4.78, 5) is 0. The van der Waals surface area contributed by atoms with E-state index in [9.17, 15) is 4.57 Å². The molecule has 0 heterocycles. The third-order valence-corrected chi connectivity index (χ3v) is 4.25. The Kier molecular flexibility index (Phi) is 16.2. The van der Waals surface area contributed by atoms with Gasteiger partial charge in [-0.25, -0.2) is 4.57 Å². The summed E-state index contributed by atoms with van der Waals surface area (Å²) in [5.41, 5.74) is 0. The van der Waals surface area contributed by atoms with E-state index in [4.69, 9.17) is 31.5 Å². The Bertz CT molecular complexity index is 192. The third kappa shape index (κ3) is 17.1. The van der Waals surface area contributed by atoms with Crippen LogP contribution < -0.4 is 0 Å². The first-order valence-electron chi connectivity index (χ1n) is 5.23. The monoisotopic (exact) mass is 328 g/mol. The molecule has 9 heteroatoms. The van der Waals surface area contributed by atoms with Crippen molar-refractivity contribution < 1.29 is 22.7 Å². The maximum absolute atomic E-state index is 10.7. The summed E-state index contributed by atoms with van der Waals surface area (Å²) in [6.07, 6.45) is 0. The molecule has 0 N–H and O–H groups in total. The molecule has 0 rings (SSSR count). The molecule has 0 aromatic rings.